The Bertz CT molecular complexity index is 1210. The van der Waals surface area contributed by atoms with E-state index < -0.39 is 0 Å². The van der Waals surface area contributed by atoms with Crippen LogP contribution in [0.25, 0.3) is 12.2 Å². The summed E-state index contributed by atoms with van der Waals surface area (Å²) in [7, 11) is 0. The third-order valence-electron chi connectivity index (χ3n) is 4.79. The van der Waals surface area contributed by atoms with E-state index in [0.717, 1.165) is 0 Å². The number of hydrogen-bond acceptors (Lipinski definition) is 6. The second-order valence-corrected chi connectivity index (χ2v) is 12.0. The molecule has 2 fully saturated rings. The number of carbonyl (C=O) groups excluding carboxylic acids is 2. The number of thiocarbonyl (C=S) groups is 2. The monoisotopic (exact) mass is 604 g/mol. The molecule has 0 spiro atoms. The first-order chi connectivity index (χ1) is 16.1. The number of benzene rings is 2. The van der Waals surface area contributed by atoms with E-state index in [4.69, 9.17) is 70.8 Å². The summed E-state index contributed by atoms with van der Waals surface area (Å²) in [6, 6.07) is 10.1. The van der Waals surface area contributed by atoms with Gasteiger partial charge in [-0.25, -0.2) is 0 Å². The van der Waals surface area contributed by atoms with Crippen molar-refractivity contribution in [2.24, 2.45) is 0 Å². The van der Waals surface area contributed by atoms with E-state index in [9.17, 15) is 9.59 Å². The Balaban J connectivity index is 1.45. The molecule has 2 aliphatic heterocycles. The molecule has 0 radical (unpaired) electrons. The van der Waals surface area contributed by atoms with E-state index in [1.807, 2.05) is 0 Å². The highest BCUT2D eigenvalue weighted by atomic mass is 35.5. The van der Waals surface area contributed by atoms with Crippen molar-refractivity contribution >= 4 is 127 Å². The van der Waals surface area contributed by atoms with Crippen LogP contribution in [-0.2, 0) is 9.59 Å². The van der Waals surface area contributed by atoms with E-state index >= 15 is 0 Å². The maximum atomic E-state index is 12.9. The number of hydrogen-bond donors (Lipinski definition) is 0. The second kappa shape index (κ2) is 10.9. The summed E-state index contributed by atoms with van der Waals surface area (Å²) in [5, 5.41) is 1.88. The minimum Gasteiger partial charge on any atom is -0.291 e. The fourth-order valence-corrected chi connectivity index (χ4v) is 6.63. The zero-order chi connectivity index (χ0) is 24.6. The van der Waals surface area contributed by atoms with Gasteiger partial charge in [0.15, 0.2) is 0 Å². The van der Waals surface area contributed by atoms with Gasteiger partial charge < -0.3 is 0 Å². The van der Waals surface area contributed by atoms with Crippen molar-refractivity contribution in [2.45, 2.75) is 0 Å². The van der Waals surface area contributed by atoms with Crippen LogP contribution in [0.15, 0.2) is 46.2 Å². The van der Waals surface area contributed by atoms with Crippen molar-refractivity contribution < 1.29 is 9.59 Å². The number of nitrogens with zero attached hydrogens (tertiary/aromatic N) is 2. The van der Waals surface area contributed by atoms with E-state index in [1.165, 1.54) is 33.3 Å². The maximum absolute atomic E-state index is 12.9. The molecule has 2 aromatic carbocycles. The van der Waals surface area contributed by atoms with Crippen LogP contribution in [0, 0.1) is 0 Å². The lowest BCUT2D eigenvalue weighted by molar-refractivity contribution is -0.125. The smallest absolute Gasteiger partial charge is 0.266 e. The molecule has 0 saturated carbocycles. The zero-order valence-corrected chi connectivity index (χ0v) is 23.2. The molecular weight excluding hydrogens is 594 g/mol. The van der Waals surface area contributed by atoms with Gasteiger partial charge in [-0.2, -0.15) is 0 Å². The van der Waals surface area contributed by atoms with Crippen molar-refractivity contribution in [1.82, 2.24) is 9.80 Å². The summed E-state index contributed by atoms with van der Waals surface area (Å²) < 4.78 is 0.797. The molecule has 2 aromatic rings. The molecule has 4 nitrogen and oxygen atoms in total. The van der Waals surface area contributed by atoms with Crippen molar-refractivity contribution in [1.29, 1.82) is 0 Å². The standard InChI is InChI=1S/C22H12Cl4N2O2S4/c23-13-3-1-11(15(25)9-13)7-17-19(29)27(21(31)33-17)5-6-28-20(30)18(34-22(28)32)8-12-2-4-14(24)10-16(12)26/h1-4,7-10H,5-6H2/b17-7-,18-8-. The maximum Gasteiger partial charge on any atom is 0.266 e. The molecule has 174 valence electrons. The van der Waals surface area contributed by atoms with Gasteiger partial charge in [-0.05, 0) is 47.5 Å². The fourth-order valence-electron chi connectivity index (χ4n) is 3.11. The van der Waals surface area contributed by atoms with Crippen molar-refractivity contribution in [3.8, 4) is 0 Å². The van der Waals surface area contributed by atoms with Crippen LogP contribution in [0.5, 0.6) is 0 Å². The highest BCUT2D eigenvalue weighted by molar-refractivity contribution is 8.27. The third-order valence-corrected chi connectivity index (χ3v) is 8.67. The van der Waals surface area contributed by atoms with Gasteiger partial charge in [0.05, 0.1) is 9.81 Å². The summed E-state index contributed by atoms with van der Waals surface area (Å²) in [4.78, 5) is 29.7. The fraction of sp³-hybridized carbons (Fsp3) is 0.0909. The third kappa shape index (κ3) is 5.65. The van der Waals surface area contributed by atoms with E-state index in [-0.39, 0.29) is 24.9 Å². The van der Waals surface area contributed by atoms with E-state index in [0.29, 0.717) is 49.7 Å². The SMILES string of the molecule is O=C1/C(=C/c2ccc(Cl)cc2Cl)SC(=S)N1CCN1C(=O)/C(=C/c2ccc(Cl)cc2Cl)SC1=S. The van der Waals surface area contributed by atoms with E-state index in [2.05, 4.69) is 0 Å². The number of halogens is 4. The molecule has 2 aliphatic rings. The predicted octanol–water partition coefficient (Wildman–Crippen LogP) is 7.40. The van der Waals surface area contributed by atoms with Crippen LogP contribution in [-0.4, -0.2) is 43.3 Å². The van der Waals surface area contributed by atoms with Crippen LogP contribution in [0.2, 0.25) is 20.1 Å². The Morgan fingerprint density at radius 3 is 1.44 bits per heavy atom. The molecule has 0 N–H and O–H groups in total. The van der Waals surface area contributed by atoms with Crippen molar-refractivity contribution in [3.05, 3.63) is 77.4 Å². The van der Waals surface area contributed by atoms with Gasteiger partial charge in [-0.1, -0.05) is 106 Å². The molecule has 12 heteroatoms. The zero-order valence-electron chi connectivity index (χ0n) is 16.9. The minimum atomic E-state index is -0.255. The van der Waals surface area contributed by atoms with Crippen LogP contribution in [0.4, 0.5) is 0 Å². The number of carbonyl (C=O) groups is 2. The van der Waals surface area contributed by atoms with Gasteiger partial charge in [0, 0.05) is 33.2 Å². The van der Waals surface area contributed by atoms with Gasteiger partial charge >= 0.3 is 0 Å². The summed E-state index contributed by atoms with van der Waals surface area (Å²) in [6.07, 6.45) is 3.35. The minimum absolute atomic E-state index is 0.206. The van der Waals surface area contributed by atoms with Gasteiger partial charge in [0.2, 0.25) is 0 Å². The first kappa shape index (κ1) is 26.0. The summed E-state index contributed by atoms with van der Waals surface area (Å²) >= 11 is 37.5. The normalized spacial score (nSPS) is 18.8. The number of rotatable bonds is 5. The molecule has 0 atom stereocenters. The molecule has 2 amide bonds. The van der Waals surface area contributed by atoms with Crippen LogP contribution >= 0.6 is 94.4 Å². The molecule has 0 bridgehead atoms. The predicted molar refractivity (Wildman–Crippen MR) is 153 cm³/mol. The first-order valence-electron chi connectivity index (χ1n) is 9.55. The van der Waals surface area contributed by atoms with Crippen LogP contribution < -0.4 is 0 Å². The summed E-state index contributed by atoms with van der Waals surface area (Å²) in [6.45, 7) is 0.412. The lowest BCUT2D eigenvalue weighted by Gasteiger charge is -2.19. The van der Waals surface area contributed by atoms with Gasteiger partial charge in [0.25, 0.3) is 11.8 Å². The molecule has 2 saturated heterocycles. The molecule has 0 aromatic heterocycles. The Kier molecular flexibility index (Phi) is 8.32. The Morgan fingerprint density at radius 1 is 0.706 bits per heavy atom. The highest BCUT2D eigenvalue weighted by Gasteiger charge is 2.36. The van der Waals surface area contributed by atoms with Crippen LogP contribution in [0.3, 0.4) is 0 Å². The second-order valence-electron chi connectivity index (χ2n) is 7.00. The molecule has 0 aliphatic carbocycles. The number of amides is 2. The molecular formula is C22H12Cl4N2O2S4. The topological polar surface area (TPSA) is 40.6 Å². The summed E-state index contributed by atoms with van der Waals surface area (Å²) in [5.74, 6) is -0.509. The van der Waals surface area contributed by atoms with Crippen molar-refractivity contribution in [2.75, 3.05) is 13.1 Å². The number of thioether (sulfide) groups is 2. The largest absolute Gasteiger partial charge is 0.291 e. The van der Waals surface area contributed by atoms with Gasteiger partial charge in [0.1, 0.15) is 8.64 Å². The first-order valence-corrected chi connectivity index (χ1v) is 13.5. The molecule has 2 heterocycles. The summed E-state index contributed by atoms with van der Waals surface area (Å²) in [5.41, 5.74) is 1.32. The average Bonchev–Trinajstić information content (AvgIpc) is 3.19. The van der Waals surface area contributed by atoms with E-state index in [1.54, 1.807) is 48.6 Å². The quantitative estimate of drug-likeness (QED) is 0.261. The average molecular weight is 606 g/mol. The molecule has 34 heavy (non-hydrogen) atoms. The van der Waals surface area contributed by atoms with Gasteiger partial charge in [-0.3, -0.25) is 19.4 Å². The highest BCUT2D eigenvalue weighted by Crippen LogP contribution is 2.36. The lowest BCUT2D eigenvalue weighted by Crippen LogP contribution is -2.39. The lowest BCUT2D eigenvalue weighted by atomic mass is 10.2. The Labute approximate surface area is 235 Å². The molecule has 4 rings (SSSR count). The van der Waals surface area contributed by atoms with Gasteiger partial charge in [-0.15, -0.1) is 0 Å². The Morgan fingerprint density at radius 2 is 1.09 bits per heavy atom. The van der Waals surface area contributed by atoms with Crippen molar-refractivity contribution in [3.63, 3.8) is 0 Å². The molecule has 0 unspecified atom stereocenters. The van der Waals surface area contributed by atoms with Crippen LogP contribution in [0.1, 0.15) is 11.1 Å². The Hall–Kier alpha value is -1.10.